The van der Waals surface area contributed by atoms with Gasteiger partial charge in [0.25, 0.3) is 0 Å². The number of aromatic nitrogens is 5. The molecular formula is C22H21ClN6O. The Morgan fingerprint density at radius 1 is 1.17 bits per heavy atom. The van der Waals surface area contributed by atoms with Crippen molar-refractivity contribution in [2.45, 2.75) is 32.6 Å². The monoisotopic (exact) mass is 420 g/mol. The molecule has 8 heteroatoms. The van der Waals surface area contributed by atoms with Crippen LogP contribution in [0.2, 0.25) is 5.02 Å². The Balaban J connectivity index is 1.46. The largest absolute Gasteiger partial charge is 0.423 e. The van der Waals surface area contributed by atoms with Crippen LogP contribution in [-0.4, -0.2) is 25.1 Å². The minimum absolute atomic E-state index is 0.264. The van der Waals surface area contributed by atoms with Crippen molar-refractivity contribution in [1.29, 1.82) is 0 Å². The van der Waals surface area contributed by atoms with Crippen LogP contribution in [0.3, 0.4) is 0 Å². The van der Waals surface area contributed by atoms with Gasteiger partial charge in [0.05, 0.1) is 16.4 Å². The van der Waals surface area contributed by atoms with Crippen molar-refractivity contribution < 1.29 is 4.74 Å². The van der Waals surface area contributed by atoms with E-state index in [0.29, 0.717) is 28.3 Å². The molecular weight excluding hydrogens is 400 g/mol. The molecule has 5 rings (SSSR count). The standard InChI is InChI=1S/C22H21ClN6O/c1-3-4-14-10-20(29-28-14)26-19-11-17(13-5-6-13)25-22(27-19)30-18-8-7-16-15(21(18)23)9-12(2)24-16/h3-4,7-11,13,24H,5-6H2,1-2H3,(H2,25,26,27,28,29)/b4-3+. The lowest BCUT2D eigenvalue weighted by atomic mass is 10.2. The van der Waals surface area contributed by atoms with Gasteiger partial charge in [-0.1, -0.05) is 17.7 Å². The van der Waals surface area contributed by atoms with Gasteiger partial charge in [-0.2, -0.15) is 15.1 Å². The van der Waals surface area contributed by atoms with E-state index in [9.17, 15) is 0 Å². The van der Waals surface area contributed by atoms with Gasteiger partial charge < -0.3 is 15.0 Å². The number of aryl methyl sites for hydroxylation is 1. The molecule has 0 amide bonds. The number of nitrogens with one attached hydrogen (secondary N) is 3. The van der Waals surface area contributed by atoms with Gasteiger partial charge in [-0.25, -0.2) is 0 Å². The summed E-state index contributed by atoms with van der Waals surface area (Å²) in [5.74, 6) is 2.28. The number of hydrogen-bond acceptors (Lipinski definition) is 5. The summed E-state index contributed by atoms with van der Waals surface area (Å²) in [5.41, 5.74) is 3.88. The van der Waals surface area contributed by atoms with E-state index in [-0.39, 0.29) is 6.01 Å². The third-order valence-corrected chi connectivity index (χ3v) is 5.35. The molecule has 0 saturated heterocycles. The Bertz CT molecular complexity index is 1250. The van der Waals surface area contributed by atoms with Gasteiger partial charge in [-0.3, -0.25) is 5.10 Å². The molecule has 3 aromatic heterocycles. The molecule has 0 spiro atoms. The normalized spacial score (nSPS) is 14.0. The van der Waals surface area contributed by atoms with Crippen LogP contribution in [0, 0.1) is 6.92 Å². The molecule has 0 aliphatic heterocycles. The second-order valence-electron chi connectivity index (χ2n) is 7.46. The third kappa shape index (κ3) is 3.76. The fourth-order valence-electron chi connectivity index (χ4n) is 3.40. The Kier molecular flexibility index (Phi) is 4.67. The van der Waals surface area contributed by atoms with Crippen molar-refractivity contribution in [3.8, 4) is 11.8 Å². The fraction of sp³-hybridized carbons (Fsp3) is 0.227. The van der Waals surface area contributed by atoms with Crippen LogP contribution < -0.4 is 10.1 Å². The molecule has 30 heavy (non-hydrogen) atoms. The van der Waals surface area contributed by atoms with Crippen molar-refractivity contribution in [3.05, 3.63) is 58.5 Å². The summed E-state index contributed by atoms with van der Waals surface area (Å²) >= 11 is 6.58. The highest BCUT2D eigenvalue weighted by Crippen LogP contribution is 2.41. The summed E-state index contributed by atoms with van der Waals surface area (Å²) in [6, 6.07) is 9.91. The number of nitrogens with zero attached hydrogens (tertiary/aromatic N) is 3. The van der Waals surface area contributed by atoms with Gasteiger partial charge in [0.1, 0.15) is 11.6 Å². The number of rotatable bonds is 6. The molecule has 0 radical (unpaired) electrons. The summed E-state index contributed by atoms with van der Waals surface area (Å²) in [6.07, 6.45) is 6.15. The van der Waals surface area contributed by atoms with Crippen LogP contribution in [0.4, 0.5) is 11.6 Å². The van der Waals surface area contributed by atoms with Gasteiger partial charge in [0, 0.05) is 34.6 Å². The van der Waals surface area contributed by atoms with Crippen LogP contribution in [0.15, 0.2) is 36.4 Å². The Morgan fingerprint density at radius 2 is 2.03 bits per heavy atom. The quantitative estimate of drug-likeness (QED) is 0.351. The first-order valence-electron chi connectivity index (χ1n) is 9.89. The van der Waals surface area contributed by atoms with Crippen molar-refractivity contribution in [1.82, 2.24) is 25.1 Å². The van der Waals surface area contributed by atoms with Crippen LogP contribution in [0.25, 0.3) is 17.0 Å². The maximum absolute atomic E-state index is 6.58. The summed E-state index contributed by atoms with van der Waals surface area (Å²) in [7, 11) is 0. The highest BCUT2D eigenvalue weighted by molar-refractivity contribution is 6.37. The van der Waals surface area contributed by atoms with E-state index in [4.69, 9.17) is 16.3 Å². The number of H-pyrrole nitrogens is 2. The summed E-state index contributed by atoms with van der Waals surface area (Å²) in [6.45, 7) is 3.95. The minimum atomic E-state index is 0.264. The molecule has 0 unspecified atom stereocenters. The number of aromatic amines is 2. The van der Waals surface area contributed by atoms with Crippen LogP contribution >= 0.6 is 11.6 Å². The molecule has 0 bridgehead atoms. The summed E-state index contributed by atoms with van der Waals surface area (Å²) in [5, 5.41) is 11.9. The predicted octanol–water partition coefficient (Wildman–Crippen LogP) is 6.09. The van der Waals surface area contributed by atoms with Gasteiger partial charge in [0.15, 0.2) is 5.82 Å². The van der Waals surface area contributed by atoms with Crippen molar-refractivity contribution in [2.75, 3.05) is 5.32 Å². The summed E-state index contributed by atoms with van der Waals surface area (Å²) < 4.78 is 6.02. The van der Waals surface area contributed by atoms with E-state index in [1.807, 2.05) is 56.3 Å². The molecule has 1 saturated carbocycles. The van der Waals surface area contributed by atoms with Gasteiger partial charge >= 0.3 is 6.01 Å². The van der Waals surface area contributed by atoms with E-state index >= 15 is 0 Å². The SMILES string of the molecule is C/C=C/c1cc(Nc2cc(C3CC3)nc(Oc3ccc4[nH]c(C)cc4c3Cl)n2)n[nH]1. The highest BCUT2D eigenvalue weighted by atomic mass is 35.5. The lowest BCUT2D eigenvalue weighted by Gasteiger charge is -2.10. The zero-order valence-electron chi connectivity index (χ0n) is 16.7. The van der Waals surface area contributed by atoms with Crippen LogP contribution in [-0.2, 0) is 0 Å². The van der Waals surface area contributed by atoms with Crippen molar-refractivity contribution in [3.63, 3.8) is 0 Å². The molecule has 4 aromatic rings. The number of benzene rings is 1. The second kappa shape index (κ2) is 7.50. The van der Waals surface area contributed by atoms with Crippen LogP contribution in [0.1, 0.15) is 42.8 Å². The Morgan fingerprint density at radius 3 is 2.83 bits per heavy atom. The van der Waals surface area contributed by atoms with Gasteiger partial charge in [-0.15, -0.1) is 0 Å². The number of ether oxygens (including phenoxy) is 1. The Hall–Kier alpha value is -3.32. The zero-order chi connectivity index (χ0) is 20.7. The zero-order valence-corrected chi connectivity index (χ0v) is 17.4. The smallest absolute Gasteiger partial charge is 0.324 e. The van der Waals surface area contributed by atoms with E-state index in [0.717, 1.165) is 40.8 Å². The van der Waals surface area contributed by atoms with E-state index < -0.39 is 0 Å². The number of halogens is 1. The third-order valence-electron chi connectivity index (χ3n) is 4.96. The number of allylic oxidation sites excluding steroid dienone is 1. The molecule has 152 valence electrons. The molecule has 1 aliphatic rings. The summed E-state index contributed by atoms with van der Waals surface area (Å²) in [4.78, 5) is 12.4. The lowest BCUT2D eigenvalue weighted by Crippen LogP contribution is -2.01. The molecule has 1 fully saturated rings. The van der Waals surface area contributed by atoms with E-state index in [2.05, 4.69) is 30.5 Å². The van der Waals surface area contributed by atoms with Gasteiger partial charge in [-0.05, 0) is 51.0 Å². The first-order valence-corrected chi connectivity index (χ1v) is 10.3. The van der Waals surface area contributed by atoms with E-state index in [1.165, 1.54) is 0 Å². The number of hydrogen-bond donors (Lipinski definition) is 3. The number of anilines is 2. The topological polar surface area (TPSA) is 91.5 Å². The number of fused-ring (bicyclic) bond motifs is 1. The van der Waals surface area contributed by atoms with Crippen molar-refractivity contribution >= 4 is 40.2 Å². The fourth-order valence-corrected chi connectivity index (χ4v) is 3.66. The average Bonchev–Trinajstić information content (AvgIpc) is 3.37. The van der Waals surface area contributed by atoms with Crippen LogP contribution in [0.5, 0.6) is 11.8 Å². The van der Waals surface area contributed by atoms with Crippen molar-refractivity contribution in [2.24, 2.45) is 0 Å². The molecule has 1 aliphatic carbocycles. The minimum Gasteiger partial charge on any atom is -0.423 e. The molecule has 7 nitrogen and oxygen atoms in total. The highest BCUT2D eigenvalue weighted by Gasteiger charge is 2.27. The first-order chi connectivity index (χ1) is 14.6. The predicted molar refractivity (Wildman–Crippen MR) is 119 cm³/mol. The second-order valence-corrected chi connectivity index (χ2v) is 7.84. The maximum Gasteiger partial charge on any atom is 0.324 e. The molecule has 0 atom stereocenters. The first kappa shape index (κ1) is 18.7. The molecule has 1 aromatic carbocycles. The molecule has 3 N–H and O–H groups in total. The van der Waals surface area contributed by atoms with Gasteiger partial charge in [0.2, 0.25) is 0 Å². The van der Waals surface area contributed by atoms with E-state index in [1.54, 1.807) is 0 Å². The average molecular weight is 421 g/mol. The maximum atomic E-state index is 6.58. The lowest BCUT2D eigenvalue weighted by molar-refractivity contribution is 0.441. The molecule has 3 heterocycles. The Labute approximate surface area is 178 Å².